The molecule has 0 saturated heterocycles. The largest absolute Gasteiger partial charge is 0.288 e. The number of benzene rings is 1. The van der Waals surface area contributed by atoms with Crippen LogP contribution in [0.15, 0.2) is 35.9 Å². The summed E-state index contributed by atoms with van der Waals surface area (Å²) in [5.74, 6) is -0.462. The molecule has 0 unspecified atom stereocenters. The average molecular weight is 233 g/mol. The van der Waals surface area contributed by atoms with Crippen molar-refractivity contribution in [1.29, 1.82) is 0 Å². The average Bonchev–Trinajstić information content (AvgIpc) is 2.38. The Morgan fingerprint density at radius 1 is 1.47 bits per heavy atom. The second kappa shape index (κ2) is 6.86. The minimum Gasteiger partial charge on any atom is -0.288 e. The van der Waals surface area contributed by atoms with E-state index in [4.69, 9.17) is 5.21 Å². The standard InChI is InChI=1S/C14H19NO2/c1-3-11(2)6-4-7-12-8-5-9-13(10-12)14(16)15-17/h3,5,8-10,17H,4,6-7H2,1-2H3,(H,15,16)/b11-3+. The van der Waals surface area contributed by atoms with Crippen LogP contribution in [-0.2, 0) is 6.42 Å². The summed E-state index contributed by atoms with van der Waals surface area (Å²) in [6.45, 7) is 4.16. The number of aryl methyl sites for hydroxylation is 1. The van der Waals surface area contributed by atoms with Gasteiger partial charge in [-0.15, -0.1) is 0 Å². The maximum absolute atomic E-state index is 11.2. The lowest BCUT2D eigenvalue weighted by molar-refractivity contribution is 0.0706. The molecule has 2 N–H and O–H groups in total. The third-order valence-corrected chi connectivity index (χ3v) is 2.82. The molecule has 1 amide bonds. The Bertz CT molecular complexity index is 410. The molecular weight excluding hydrogens is 214 g/mol. The SMILES string of the molecule is C/C=C(\C)CCCc1cccc(C(=O)NO)c1. The number of rotatable bonds is 5. The molecule has 0 saturated carbocycles. The van der Waals surface area contributed by atoms with E-state index in [2.05, 4.69) is 13.0 Å². The van der Waals surface area contributed by atoms with Crippen LogP contribution in [0.2, 0.25) is 0 Å². The lowest BCUT2D eigenvalue weighted by Gasteiger charge is -2.04. The molecule has 3 heteroatoms. The minimum absolute atomic E-state index is 0.462. The van der Waals surface area contributed by atoms with Crippen LogP contribution in [0.5, 0.6) is 0 Å². The van der Waals surface area contributed by atoms with Crippen LogP contribution in [0.3, 0.4) is 0 Å². The summed E-state index contributed by atoms with van der Waals surface area (Å²) in [6, 6.07) is 7.34. The van der Waals surface area contributed by atoms with Crippen molar-refractivity contribution in [3.05, 3.63) is 47.0 Å². The molecule has 0 bridgehead atoms. The van der Waals surface area contributed by atoms with E-state index in [1.807, 2.05) is 25.1 Å². The Labute approximate surface area is 102 Å². The number of hydroxylamine groups is 1. The molecule has 0 fully saturated rings. The summed E-state index contributed by atoms with van der Waals surface area (Å²) in [7, 11) is 0. The van der Waals surface area contributed by atoms with Gasteiger partial charge in [-0.05, 0) is 50.8 Å². The van der Waals surface area contributed by atoms with E-state index in [0.717, 1.165) is 24.8 Å². The highest BCUT2D eigenvalue weighted by molar-refractivity contribution is 5.93. The number of carbonyl (C=O) groups is 1. The van der Waals surface area contributed by atoms with Gasteiger partial charge in [0, 0.05) is 5.56 Å². The minimum atomic E-state index is -0.462. The van der Waals surface area contributed by atoms with Crippen molar-refractivity contribution in [3.8, 4) is 0 Å². The van der Waals surface area contributed by atoms with Gasteiger partial charge in [-0.25, -0.2) is 5.48 Å². The second-order valence-electron chi connectivity index (χ2n) is 4.13. The van der Waals surface area contributed by atoms with Gasteiger partial charge in [0.1, 0.15) is 0 Å². The molecule has 0 aliphatic rings. The van der Waals surface area contributed by atoms with Crippen molar-refractivity contribution in [2.45, 2.75) is 33.1 Å². The van der Waals surface area contributed by atoms with Gasteiger partial charge in [-0.2, -0.15) is 0 Å². The Morgan fingerprint density at radius 3 is 2.88 bits per heavy atom. The van der Waals surface area contributed by atoms with Gasteiger partial charge in [0.25, 0.3) is 5.91 Å². The Balaban J connectivity index is 2.57. The zero-order valence-electron chi connectivity index (χ0n) is 10.4. The molecule has 0 spiro atoms. The maximum atomic E-state index is 11.2. The van der Waals surface area contributed by atoms with Gasteiger partial charge in [0.15, 0.2) is 0 Å². The van der Waals surface area contributed by atoms with Crippen LogP contribution in [0.4, 0.5) is 0 Å². The van der Waals surface area contributed by atoms with Crippen molar-refractivity contribution in [3.63, 3.8) is 0 Å². The first-order valence-electron chi connectivity index (χ1n) is 5.82. The quantitative estimate of drug-likeness (QED) is 0.466. The van der Waals surface area contributed by atoms with Crippen LogP contribution in [-0.4, -0.2) is 11.1 Å². The molecule has 17 heavy (non-hydrogen) atoms. The predicted octanol–water partition coefficient (Wildman–Crippen LogP) is 3.09. The number of hydrogen-bond donors (Lipinski definition) is 2. The fraction of sp³-hybridized carbons (Fsp3) is 0.357. The second-order valence-corrected chi connectivity index (χ2v) is 4.13. The van der Waals surface area contributed by atoms with E-state index in [-0.39, 0.29) is 0 Å². The molecule has 0 radical (unpaired) electrons. The van der Waals surface area contributed by atoms with Gasteiger partial charge >= 0.3 is 0 Å². The monoisotopic (exact) mass is 233 g/mol. The molecule has 0 aliphatic heterocycles. The van der Waals surface area contributed by atoms with E-state index in [0.29, 0.717) is 5.56 Å². The van der Waals surface area contributed by atoms with Gasteiger partial charge in [-0.3, -0.25) is 10.0 Å². The van der Waals surface area contributed by atoms with Crippen molar-refractivity contribution >= 4 is 5.91 Å². The zero-order chi connectivity index (χ0) is 12.7. The fourth-order valence-electron chi connectivity index (χ4n) is 1.65. The highest BCUT2D eigenvalue weighted by atomic mass is 16.5. The molecule has 1 rings (SSSR count). The van der Waals surface area contributed by atoms with Crippen molar-refractivity contribution < 1.29 is 10.0 Å². The molecular formula is C14H19NO2. The maximum Gasteiger partial charge on any atom is 0.274 e. The molecule has 0 aromatic heterocycles. The molecule has 1 aromatic carbocycles. The van der Waals surface area contributed by atoms with Crippen molar-refractivity contribution in [1.82, 2.24) is 5.48 Å². The van der Waals surface area contributed by atoms with Crippen molar-refractivity contribution in [2.75, 3.05) is 0 Å². The molecule has 0 aliphatic carbocycles. The van der Waals surface area contributed by atoms with Crippen molar-refractivity contribution in [2.24, 2.45) is 0 Å². The molecule has 3 nitrogen and oxygen atoms in total. The Morgan fingerprint density at radius 2 is 2.24 bits per heavy atom. The number of carbonyl (C=O) groups excluding carboxylic acids is 1. The lowest BCUT2D eigenvalue weighted by atomic mass is 10.0. The summed E-state index contributed by atoms with van der Waals surface area (Å²) in [5.41, 5.74) is 4.64. The van der Waals surface area contributed by atoms with Crippen LogP contribution >= 0.6 is 0 Å². The number of amides is 1. The van der Waals surface area contributed by atoms with Gasteiger partial charge in [0.05, 0.1) is 0 Å². The van der Waals surface area contributed by atoms with Crippen LogP contribution in [0, 0.1) is 0 Å². The molecule has 1 aromatic rings. The lowest BCUT2D eigenvalue weighted by Crippen LogP contribution is -2.18. The normalized spacial score (nSPS) is 11.4. The van der Waals surface area contributed by atoms with Gasteiger partial charge in [-0.1, -0.05) is 23.8 Å². The number of allylic oxidation sites excluding steroid dienone is 2. The van der Waals surface area contributed by atoms with Crippen LogP contribution in [0.1, 0.15) is 42.6 Å². The summed E-state index contributed by atoms with van der Waals surface area (Å²) in [5, 5.41) is 8.55. The Hall–Kier alpha value is -1.61. The summed E-state index contributed by atoms with van der Waals surface area (Å²) < 4.78 is 0. The van der Waals surface area contributed by atoms with Crippen LogP contribution < -0.4 is 5.48 Å². The predicted molar refractivity (Wildman–Crippen MR) is 68.1 cm³/mol. The van der Waals surface area contributed by atoms with Crippen LogP contribution in [0.25, 0.3) is 0 Å². The summed E-state index contributed by atoms with van der Waals surface area (Å²) >= 11 is 0. The summed E-state index contributed by atoms with van der Waals surface area (Å²) in [4.78, 5) is 11.2. The molecule has 0 heterocycles. The van der Waals surface area contributed by atoms with E-state index in [1.165, 1.54) is 5.57 Å². The van der Waals surface area contributed by atoms with E-state index in [1.54, 1.807) is 11.5 Å². The number of hydrogen-bond acceptors (Lipinski definition) is 2. The molecule has 92 valence electrons. The molecule has 0 atom stereocenters. The summed E-state index contributed by atoms with van der Waals surface area (Å²) in [6.07, 6.45) is 5.21. The van der Waals surface area contributed by atoms with E-state index in [9.17, 15) is 4.79 Å². The highest BCUT2D eigenvalue weighted by Crippen LogP contribution is 2.11. The fourth-order valence-corrected chi connectivity index (χ4v) is 1.65. The van der Waals surface area contributed by atoms with Gasteiger partial charge < -0.3 is 0 Å². The smallest absolute Gasteiger partial charge is 0.274 e. The Kier molecular flexibility index (Phi) is 5.43. The van der Waals surface area contributed by atoms with Gasteiger partial charge in [0.2, 0.25) is 0 Å². The third-order valence-electron chi connectivity index (χ3n) is 2.82. The zero-order valence-corrected chi connectivity index (χ0v) is 10.4. The first-order chi connectivity index (χ1) is 8.17. The third kappa shape index (κ3) is 4.41. The first-order valence-corrected chi connectivity index (χ1v) is 5.82. The number of nitrogens with one attached hydrogen (secondary N) is 1. The van der Waals surface area contributed by atoms with E-state index >= 15 is 0 Å². The highest BCUT2D eigenvalue weighted by Gasteiger charge is 2.04. The van der Waals surface area contributed by atoms with E-state index < -0.39 is 5.91 Å². The topological polar surface area (TPSA) is 49.3 Å². The first kappa shape index (κ1) is 13.5.